The summed E-state index contributed by atoms with van der Waals surface area (Å²) in [5, 5.41) is 13.5. The maximum absolute atomic E-state index is 11.5. The monoisotopic (exact) mass is 316 g/mol. The Hall–Kier alpha value is -2.20. The Morgan fingerprint density at radius 2 is 2.10 bits per heavy atom. The molecule has 0 aromatic heterocycles. The summed E-state index contributed by atoms with van der Waals surface area (Å²) in [6.07, 6.45) is 0. The number of rotatable bonds is 8. The molecule has 116 valence electrons. The normalized spacial score (nSPS) is 11.1. The Labute approximate surface area is 121 Å². The molecule has 0 bridgehead atoms. The van der Waals surface area contributed by atoms with Gasteiger partial charge in [0.05, 0.1) is 10.7 Å². The van der Waals surface area contributed by atoms with Gasteiger partial charge in [-0.1, -0.05) is 6.92 Å². The molecule has 21 heavy (non-hydrogen) atoms. The van der Waals surface area contributed by atoms with Gasteiger partial charge in [-0.2, -0.15) is 0 Å². The quantitative estimate of drug-likeness (QED) is 0.456. The van der Waals surface area contributed by atoms with Gasteiger partial charge in [0.1, 0.15) is 5.69 Å². The number of hydrogen-bond donors (Lipinski definition) is 3. The van der Waals surface area contributed by atoms with Crippen molar-refractivity contribution in [3.63, 3.8) is 0 Å². The molecule has 0 saturated heterocycles. The molecule has 1 amide bonds. The highest BCUT2D eigenvalue weighted by Gasteiger charge is 2.16. The van der Waals surface area contributed by atoms with Crippen LogP contribution in [-0.4, -0.2) is 38.1 Å². The molecule has 0 heterocycles. The van der Waals surface area contributed by atoms with E-state index in [-0.39, 0.29) is 35.8 Å². The van der Waals surface area contributed by atoms with E-state index in [1.165, 1.54) is 12.1 Å². The van der Waals surface area contributed by atoms with Crippen LogP contribution < -0.4 is 15.8 Å². The second-order valence-electron chi connectivity index (χ2n) is 4.10. The van der Waals surface area contributed by atoms with Gasteiger partial charge in [0.15, 0.2) is 0 Å². The van der Waals surface area contributed by atoms with E-state index in [9.17, 15) is 23.3 Å². The molecule has 10 heteroatoms. The van der Waals surface area contributed by atoms with E-state index in [0.717, 1.165) is 6.07 Å². The lowest BCUT2D eigenvalue weighted by Crippen LogP contribution is -2.29. The van der Waals surface area contributed by atoms with Crippen molar-refractivity contribution in [1.29, 1.82) is 0 Å². The third-order valence-electron chi connectivity index (χ3n) is 2.53. The number of nitro groups is 1. The number of nitrogens with two attached hydrogens (primary N) is 1. The van der Waals surface area contributed by atoms with Gasteiger partial charge in [0.2, 0.25) is 15.9 Å². The second-order valence-corrected chi connectivity index (χ2v) is 6.02. The van der Waals surface area contributed by atoms with Crippen LogP contribution in [0, 0.1) is 10.1 Å². The Bertz CT molecular complexity index is 644. The average molecular weight is 316 g/mol. The Morgan fingerprint density at radius 3 is 2.62 bits per heavy atom. The van der Waals surface area contributed by atoms with E-state index < -0.39 is 20.9 Å². The molecule has 4 N–H and O–H groups in total. The van der Waals surface area contributed by atoms with Crippen LogP contribution in [-0.2, 0) is 10.0 Å². The summed E-state index contributed by atoms with van der Waals surface area (Å²) < 4.78 is 25.2. The first-order valence-corrected chi connectivity index (χ1v) is 7.71. The fraction of sp³-hybridized carbons (Fsp3) is 0.364. The number of hydrogen-bond acceptors (Lipinski definition) is 6. The van der Waals surface area contributed by atoms with Gasteiger partial charge in [-0.15, -0.1) is 0 Å². The molecule has 0 unspecified atom stereocenters. The highest BCUT2D eigenvalue weighted by Crippen LogP contribution is 2.25. The van der Waals surface area contributed by atoms with E-state index >= 15 is 0 Å². The molecule has 0 fully saturated rings. The highest BCUT2D eigenvalue weighted by molar-refractivity contribution is 7.89. The number of sulfonamides is 1. The predicted octanol–water partition coefficient (Wildman–Crippen LogP) is 0.0449. The second kappa shape index (κ2) is 6.99. The van der Waals surface area contributed by atoms with Gasteiger partial charge in [-0.25, -0.2) is 13.1 Å². The summed E-state index contributed by atoms with van der Waals surface area (Å²) in [7, 11) is -3.44. The molecule has 0 radical (unpaired) electrons. The summed E-state index contributed by atoms with van der Waals surface area (Å²) in [4.78, 5) is 21.3. The van der Waals surface area contributed by atoms with Crippen molar-refractivity contribution in [1.82, 2.24) is 4.72 Å². The van der Waals surface area contributed by atoms with Gasteiger partial charge in [-0.3, -0.25) is 14.9 Å². The number of anilines is 1. The van der Waals surface area contributed by atoms with E-state index in [4.69, 9.17) is 5.73 Å². The van der Waals surface area contributed by atoms with Crippen molar-refractivity contribution in [2.75, 3.05) is 24.2 Å². The van der Waals surface area contributed by atoms with Crippen molar-refractivity contribution in [3.8, 4) is 0 Å². The Morgan fingerprint density at radius 1 is 1.43 bits per heavy atom. The van der Waals surface area contributed by atoms with E-state index in [1.54, 1.807) is 6.92 Å². The van der Waals surface area contributed by atoms with Gasteiger partial charge in [-0.05, 0) is 12.1 Å². The minimum atomic E-state index is -3.44. The van der Waals surface area contributed by atoms with Crippen LogP contribution in [0.3, 0.4) is 0 Å². The fourth-order valence-electron chi connectivity index (χ4n) is 1.60. The predicted molar refractivity (Wildman–Crippen MR) is 77.6 cm³/mol. The number of amides is 1. The van der Waals surface area contributed by atoms with Crippen molar-refractivity contribution in [2.45, 2.75) is 6.92 Å². The first-order valence-electron chi connectivity index (χ1n) is 6.06. The minimum Gasteiger partial charge on any atom is -0.378 e. The number of primary amides is 1. The molecular weight excluding hydrogens is 300 g/mol. The van der Waals surface area contributed by atoms with Crippen molar-refractivity contribution in [3.05, 3.63) is 33.9 Å². The smallest absolute Gasteiger partial charge is 0.292 e. The number of carbonyl (C=O) groups excluding carboxylic acids is 1. The zero-order valence-corrected chi connectivity index (χ0v) is 12.1. The standard InChI is InChI=1S/C11H16N4O5S/c1-2-14-21(19,20)6-5-13-9-7-8(11(12)16)3-4-10(9)15(17)18/h3-4,7,13-14H,2,5-6H2,1H3,(H2,12,16). The summed E-state index contributed by atoms with van der Waals surface area (Å²) in [5.41, 5.74) is 4.98. The van der Waals surface area contributed by atoms with Gasteiger partial charge in [0, 0.05) is 24.7 Å². The first-order chi connectivity index (χ1) is 9.76. The number of benzene rings is 1. The van der Waals surface area contributed by atoms with Crippen molar-refractivity contribution < 1.29 is 18.1 Å². The van der Waals surface area contributed by atoms with Crippen LogP contribution in [0.25, 0.3) is 0 Å². The summed E-state index contributed by atoms with van der Waals surface area (Å²) in [6, 6.07) is 3.60. The molecule has 0 atom stereocenters. The maximum Gasteiger partial charge on any atom is 0.292 e. The summed E-state index contributed by atoms with van der Waals surface area (Å²) in [5.74, 6) is -0.980. The van der Waals surface area contributed by atoms with Crippen LogP contribution in [0.15, 0.2) is 18.2 Å². The largest absolute Gasteiger partial charge is 0.378 e. The third kappa shape index (κ3) is 5.00. The molecule has 0 aliphatic rings. The number of carbonyl (C=O) groups is 1. The lowest BCUT2D eigenvalue weighted by molar-refractivity contribution is -0.384. The summed E-state index contributed by atoms with van der Waals surface area (Å²) >= 11 is 0. The molecule has 0 aliphatic carbocycles. The average Bonchev–Trinajstić information content (AvgIpc) is 2.37. The SMILES string of the molecule is CCNS(=O)(=O)CCNc1cc(C(N)=O)ccc1[N+](=O)[O-]. The molecule has 0 saturated carbocycles. The molecule has 1 rings (SSSR count). The maximum atomic E-state index is 11.5. The van der Waals surface area contributed by atoms with Crippen molar-refractivity contribution >= 4 is 27.3 Å². The van der Waals surface area contributed by atoms with Crippen LogP contribution in [0.4, 0.5) is 11.4 Å². The third-order valence-corrected chi connectivity index (χ3v) is 4.00. The number of nitro benzene ring substituents is 1. The van der Waals surface area contributed by atoms with Crippen LogP contribution in [0.5, 0.6) is 0 Å². The number of nitrogens with zero attached hydrogens (tertiary/aromatic N) is 1. The molecule has 0 aliphatic heterocycles. The number of nitrogens with one attached hydrogen (secondary N) is 2. The van der Waals surface area contributed by atoms with Crippen LogP contribution in [0.2, 0.25) is 0 Å². The zero-order valence-electron chi connectivity index (χ0n) is 11.3. The van der Waals surface area contributed by atoms with Gasteiger partial charge in [0.25, 0.3) is 5.69 Å². The van der Waals surface area contributed by atoms with Crippen LogP contribution >= 0.6 is 0 Å². The first kappa shape index (κ1) is 16.9. The summed E-state index contributed by atoms with van der Waals surface area (Å²) in [6.45, 7) is 1.87. The topological polar surface area (TPSA) is 144 Å². The highest BCUT2D eigenvalue weighted by atomic mass is 32.2. The molecule has 0 spiro atoms. The van der Waals surface area contributed by atoms with E-state index in [2.05, 4.69) is 10.0 Å². The Kier molecular flexibility index (Phi) is 5.61. The fourth-order valence-corrected chi connectivity index (χ4v) is 2.56. The zero-order chi connectivity index (χ0) is 16.0. The van der Waals surface area contributed by atoms with Gasteiger partial charge < -0.3 is 11.1 Å². The van der Waals surface area contributed by atoms with Gasteiger partial charge >= 0.3 is 0 Å². The molecule has 1 aromatic carbocycles. The van der Waals surface area contributed by atoms with Crippen molar-refractivity contribution in [2.24, 2.45) is 5.73 Å². The lowest BCUT2D eigenvalue weighted by Gasteiger charge is -2.09. The van der Waals surface area contributed by atoms with Crippen LogP contribution in [0.1, 0.15) is 17.3 Å². The molecule has 1 aromatic rings. The molecule has 9 nitrogen and oxygen atoms in total. The lowest BCUT2D eigenvalue weighted by atomic mass is 10.1. The van der Waals surface area contributed by atoms with E-state index in [1.807, 2.05) is 0 Å². The van der Waals surface area contributed by atoms with E-state index in [0.29, 0.717) is 0 Å². The minimum absolute atomic E-state index is 0.0433. The molecular formula is C11H16N4O5S. The Balaban J connectivity index is 2.88.